The molecule has 2 aliphatic carbocycles. The van der Waals surface area contributed by atoms with Gasteiger partial charge in [0, 0.05) is 19.6 Å². The van der Waals surface area contributed by atoms with Crippen molar-refractivity contribution in [3.8, 4) is 0 Å². The summed E-state index contributed by atoms with van der Waals surface area (Å²) in [6.07, 6.45) is 8.88. The van der Waals surface area contributed by atoms with Crippen LogP contribution in [0.5, 0.6) is 0 Å². The second kappa shape index (κ2) is 5.63. The van der Waals surface area contributed by atoms with Crippen molar-refractivity contribution >= 4 is 5.91 Å². The van der Waals surface area contributed by atoms with E-state index in [4.69, 9.17) is 9.47 Å². The lowest BCUT2D eigenvalue weighted by molar-refractivity contribution is -0.128. The number of hydrogen-bond acceptors (Lipinski definition) is 3. The maximum Gasteiger partial charge on any atom is 0.224 e. The number of allylic oxidation sites excluding steroid dienone is 2. The Morgan fingerprint density at radius 2 is 2.37 bits per heavy atom. The van der Waals surface area contributed by atoms with Gasteiger partial charge in [-0.05, 0) is 37.5 Å². The van der Waals surface area contributed by atoms with Gasteiger partial charge in [0.05, 0.1) is 18.8 Å². The van der Waals surface area contributed by atoms with Crippen molar-refractivity contribution in [1.82, 2.24) is 5.32 Å². The maximum absolute atomic E-state index is 12.4. The average molecular weight is 265 g/mol. The second-order valence-corrected chi connectivity index (χ2v) is 6.01. The average Bonchev–Trinajstić information content (AvgIpc) is 3.14. The molecule has 1 aliphatic heterocycles. The van der Waals surface area contributed by atoms with E-state index in [9.17, 15) is 4.79 Å². The number of hydrogen-bond donors (Lipinski definition) is 1. The first-order valence-corrected chi connectivity index (χ1v) is 7.37. The topological polar surface area (TPSA) is 47.6 Å². The molecule has 1 N–H and O–H groups in total. The van der Waals surface area contributed by atoms with Gasteiger partial charge in [0.2, 0.25) is 5.91 Å². The van der Waals surface area contributed by atoms with E-state index in [0.717, 1.165) is 32.3 Å². The van der Waals surface area contributed by atoms with Crippen molar-refractivity contribution in [3.05, 3.63) is 12.2 Å². The summed E-state index contributed by atoms with van der Waals surface area (Å²) < 4.78 is 10.9. The van der Waals surface area contributed by atoms with Crippen LogP contribution in [0.15, 0.2) is 12.2 Å². The molecule has 1 saturated carbocycles. The molecule has 19 heavy (non-hydrogen) atoms. The summed E-state index contributed by atoms with van der Waals surface area (Å²) in [5.74, 6) is 1.44. The molecular weight excluding hydrogens is 242 g/mol. The van der Waals surface area contributed by atoms with Gasteiger partial charge in [0.25, 0.3) is 0 Å². The molecule has 4 nitrogen and oxygen atoms in total. The van der Waals surface area contributed by atoms with Gasteiger partial charge < -0.3 is 14.8 Å². The first-order chi connectivity index (χ1) is 9.28. The minimum atomic E-state index is 0.00288. The van der Waals surface area contributed by atoms with Crippen LogP contribution < -0.4 is 5.32 Å². The van der Waals surface area contributed by atoms with E-state index in [0.29, 0.717) is 18.4 Å². The van der Waals surface area contributed by atoms with E-state index >= 15 is 0 Å². The molecule has 0 spiro atoms. The van der Waals surface area contributed by atoms with Crippen LogP contribution in [0.2, 0.25) is 0 Å². The molecule has 3 rings (SSSR count). The fourth-order valence-corrected chi connectivity index (χ4v) is 3.71. The summed E-state index contributed by atoms with van der Waals surface area (Å²) in [6, 6.07) is 0.00288. The number of rotatable bonds is 5. The number of ether oxygens (including phenoxy) is 2. The summed E-state index contributed by atoms with van der Waals surface area (Å²) in [6.45, 7) is 1.34. The highest BCUT2D eigenvalue weighted by Crippen LogP contribution is 2.43. The van der Waals surface area contributed by atoms with Crippen molar-refractivity contribution in [3.63, 3.8) is 0 Å². The minimum absolute atomic E-state index is 0.00288. The molecule has 0 unspecified atom stereocenters. The number of carbonyl (C=O) groups excluding carboxylic acids is 1. The van der Waals surface area contributed by atoms with Gasteiger partial charge in [-0.2, -0.15) is 0 Å². The Morgan fingerprint density at radius 1 is 1.47 bits per heavy atom. The second-order valence-electron chi connectivity index (χ2n) is 6.01. The zero-order chi connectivity index (χ0) is 13.2. The van der Waals surface area contributed by atoms with Crippen molar-refractivity contribution in [2.75, 3.05) is 20.3 Å². The minimum Gasteiger partial charge on any atom is -0.382 e. The van der Waals surface area contributed by atoms with Gasteiger partial charge in [-0.15, -0.1) is 0 Å². The van der Waals surface area contributed by atoms with Crippen LogP contribution in [0.3, 0.4) is 0 Å². The molecular formula is C15H23NO3. The maximum atomic E-state index is 12.4. The van der Waals surface area contributed by atoms with Crippen LogP contribution in [-0.2, 0) is 14.3 Å². The molecule has 2 bridgehead atoms. The fraction of sp³-hybridized carbons (Fsp3) is 0.800. The SMILES string of the molecule is COC[C@H](NC(=O)[C@@H]1C[C@H]2C=C[C@H]1C2)[C@@H]1CCCO1. The molecule has 1 heterocycles. The predicted octanol–water partition coefficient (Wildman–Crippen LogP) is 1.51. The first-order valence-electron chi connectivity index (χ1n) is 7.37. The third-order valence-electron chi connectivity index (χ3n) is 4.70. The smallest absolute Gasteiger partial charge is 0.224 e. The lowest BCUT2D eigenvalue weighted by Gasteiger charge is -2.26. The standard InChI is InChI=1S/C15H23NO3/c1-18-9-13(14-3-2-6-19-14)16-15(17)12-8-10-4-5-11(12)7-10/h4-5,10-14H,2-3,6-9H2,1H3,(H,16,17)/t10-,11-,12+,13-,14-/m0/s1. The number of methoxy groups -OCH3 is 1. The largest absolute Gasteiger partial charge is 0.382 e. The van der Waals surface area contributed by atoms with Crippen LogP contribution in [0.1, 0.15) is 25.7 Å². The zero-order valence-electron chi connectivity index (χ0n) is 11.5. The van der Waals surface area contributed by atoms with Gasteiger partial charge in [-0.3, -0.25) is 4.79 Å². The van der Waals surface area contributed by atoms with E-state index in [-0.39, 0.29) is 24.0 Å². The molecule has 1 amide bonds. The van der Waals surface area contributed by atoms with Gasteiger partial charge in [-0.1, -0.05) is 12.2 Å². The molecule has 0 aromatic carbocycles. The summed E-state index contributed by atoms with van der Waals surface area (Å²) in [4.78, 5) is 12.4. The van der Waals surface area contributed by atoms with E-state index in [1.165, 1.54) is 0 Å². The van der Waals surface area contributed by atoms with Crippen LogP contribution >= 0.6 is 0 Å². The Kier molecular flexibility index (Phi) is 3.89. The molecule has 1 saturated heterocycles. The summed E-state index contributed by atoms with van der Waals surface area (Å²) in [5.41, 5.74) is 0. The lowest BCUT2D eigenvalue weighted by Crippen LogP contribution is -2.48. The Bertz CT molecular complexity index is 362. The normalized spacial score (nSPS) is 37.7. The molecule has 5 atom stereocenters. The Labute approximate surface area is 114 Å². The van der Waals surface area contributed by atoms with E-state index in [2.05, 4.69) is 17.5 Å². The highest BCUT2D eigenvalue weighted by Gasteiger charge is 2.41. The predicted molar refractivity (Wildman–Crippen MR) is 71.6 cm³/mol. The van der Waals surface area contributed by atoms with E-state index in [1.807, 2.05) is 0 Å². The quantitative estimate of drug-likeness (QED) is 0.767. The number of carbonyl (C=O) groups is 1. The number of fused-ring (bicyclic) bond motifs is 2. The first kappa shape index (κ1) is 13.1. The van der Waals surface area contributed by atoms with Crippen LogP contribution in [0.4, 0.5) is 0 Å². The van der Waals surface area contributed by atoms with Gasteiger partial charge >= 0.3 is 0 Å². The number of amides is 1. The zero-order valence-corrected chi connectivity index (χ0v) is 11.5. The third-order valence-corrected chi connectivity index (χ3v) is 4.70. The van der Waals surface area contributed by atoms with Crippen molar-refractivity contribution < 1.29 is 14.3 Å². The molecule has 0 radical (unpaired) electrons. The van der Waals surface area contributed by atoms with E-state index < -0.39 is 0 Å². The fourth-order valence-electron chi connectivity index (χ4n) is 3.71. The van der Waals surface area contributed by atoms with Gasteiger partial charge in [0.1, 0.15) is 0 Å². The summed E-state index contributed by atoms with van der Waals surface area (Å²) in [7, 11) is 1.67. The molecule has 2 fully saturated rings. The van der Waals surface area contributed by atoms with Crippen LogP contribution in [0, 0.1) is 17.8 Å². The Morgan fingerprint density at radius 3 is 2.95 bits per heavy atom. The highest BCUT2D eigenvalue weighted by molar-refractivity contribution is 5.80. The molecule has 3 aliphatic rings. The lowest BCUT2D eigenvalue weighted by atomic mass is 9.92. The Hall–Kier alpha value is -0.870. The molecule has 106 valence electrons. The van der Waals surface area contributed by atoms with Crippen LogP contribution in [-0.4, -0.2) is 38.4 Å². The highest BCUT2D eigenvalue weighted by atomic mass is 16.5. The van der Waals surface area contributed by atoms with E-state index in [1.54, 1.807) is 7.11 Å². The third kappa shape index (κ3) is 2.70. The van der Waals surface area contributed by atoms with Gasteiger partial charge in [-0.25, -0.2) is 0 Å². The van der Waals surface area contributed by atoms with Crippen LogP contribution in [0.25, 0.3) is 0 Å². The van der Waals surface area contributed by atoms with Crippen molar-refractivity contribution in [1.29, 1.82) is 0 Å². The summed E-state index contributed by atoms with van der Waals surface area (Å²) in [5, 5.41) is 3.16. The number of nitrogens with one attached hydrogen (secondary N) is 1. The molecule has 0 aromatic heterocycles. The van der Waals surface area contributed by atoms with Gasteiger partial charge in [0.15, 0.2) is 0 Å². The molecule has 4 heteroatoms. The Balaban J connectivity index is 1.58. The molecule has 0 aromatic rings. The monoisotopic (exact) mass is 265 g/mol. The van der Waals surface area contributed by atoms with Crippen molar-refractivity contribution in [2.24, 2.45) is 17.8 Å². The summed E-state index contributed by atoms with van der Waals surface area (Å²) >= 11 is 0. The van der Waals surface area contributed by atoms with Crippen molar-refractivity contribution in [2.45, 2.75) is 37.8 Å².